The van der Waals surface area contributed by atoms with E-state index in [2.05, 4.69) is 77.4 Å². The Kier molecular flexibility index (Phi) is 2.89. The smallest absolute Gasteiger partial charge is 0.243 e. The van der Waals surface area contributed by atoms with Gasteiger partial charge in [0.25, 0.3) is 0 Å². The van der Waals surface area contributed by atoms with Crippen LogP contribution < -0.4 is 16.4 Å². The molecule has 0 N–H and O–H groups in total. The maximum absolute atomic E-state index is 4.97. The van der Waals surface area contributed by atoms with Crippen molar-refractivity contribution >= 4 is 34.1 Å². The summed E-state index contributed by atoms with van der Waals surface area (Å²) in [4.78, 5) is 4.97. The van der Waals surface area contributed by atoms with E-state index in [0.717, 1.165) is 19.3 Å². The third-order valence-corrected chi connectivity index (χ3v) is 7.68. The van der Waals surface area contributed by atoms with Gasteiger partial charge in [-0.05, 0) is 70.8 Å². The van der Waals surface area contributed by atoms with Gasteiger partial charge in [-0.2, -0.15) is 0 Å². The van der Waals surface area contributed by atoms with Crippen molar-refractivity contribution in [3.8, 4) is 5.69 Å². The van der Waals surface area contributed by atoms with E-state index >= 15 is 0 Å². The van der Waals surface area contributed by atoms with Crippen molar-refractivity contribution in [2.75, 3.05) is 0 Å². The van der Waals surface area contributed by atoms with E-state index in [-0.39, 0.29) is 0 Å². The van der Waals surface area contributed by atoms with Crippen molar-refractivity contribution in [1.29, 1.82) is 0 Å². The minimum absolute atomic E-state index is 0.380. The summed E-state index contributed by atoms with van der Waals surface area (Å²) in [5, 5.41) is 0. The molecule has 0 saturated carbocycles. The first-order valence-electron chi connectivity index (χ1n) is 11.2. The van der Waals surface area contributed by atoms with E-state index in [9.17, 15) is 0 Å². The van der Waals surface area contributed by atoms with Crippen LogP contribution in [0, 0.1) is 0 Å². The minimum Gasteiger partial charge on any atom is -0.299 e. The standard InChI is InChI=1S/C28H19BN2/c1-2-10-22(11-3-1)31-16-30-28-23-14-20-9-5-7-18-12-17-6-4-8-19-13-21(15-24(28)31)27(23)29(25(17)19)26(18)20/h1-11,15-16H,12-14H2. The molecule has 8 rings (SSSR count). The lowest BCUT2D eigenvalue weighted by atomic mass is 9.28. The van der Waals surface area contributed by atoms with Crippen LogP contribution in [0.1, 0.15) is 33.4 Å². The number of imidazole rings is 1. The van der Waals surface area contributed by atoms with Gasteiger partial charge in [0.1, 0.15) is 6.33 Å². The Hall–Kier alpha value is -3.59. The fraction of sp³-hybridized carbons (Fsp3) is 0.107. The lowest BCUT2D eigenvalue weighted by Crippen LogP contribution is -2.64. The third kappa shape index (κ3) is 1.97. The van der Waals surface area contributed by atoms with Crippen molar-refractivity contribution in [3.05, 3.63) is 113 Å². The number of hydrogen-bond donors (Lipinski definition) is 0. The maximum atomic E-state index is 4.97. The van der Waals surface area contributed by atoms with Gasteiger partial charge in [0.15, 0.2) is 0 Å². The molecular formula is C28H19BN2. The van der Waals surface area contributed by atoms with Crippen molar-refractivity contribution in [1.82, 2.24) is 9.55 Å². The molecule has 2 nitrogen and oxygen atoms in total. The molecule has 1 aromatic heterocycles. The Morgan fingerprint density at radius 2 is 1.29 bits per heavy atom. The van der Waals surface area contributed by atoms with Crippen LogP contribution in [0.15, 0.2) is 79.1 Å². The summed E-state index contributed by atoms with van der Waals surface area (Å²) < 4.78 is 2.25. The van der Waals surface area contributed by atoms with E-state index in [1.165, 1.54) is 50.1 Å². The van der Waals surface area contributed by atoms with E-state index in [0.29, 0.717) is 6.71 Å². The van der Waals surface area contributed by atoms with Crippen molar-refractivity contribution in [2.24, 2.45) is 0 Å². The molecule has 0 bridgehead atoms. The SMILES string of the molecule is c1ccc(-n2cnc3c4c5c(cc32)Cc2cccc3c2B5c2c(cccc2C4)C3)cc1. The van der Waals surface area contributed by atoms with Crippen LogP contribution in [0.3, 0.4) is 0 Å². The zero-order valence-electron chi connectivity index (χ0n) is 17.1. The molecule has 4 aromatic carbocycles. The molecule has 0 radical (unpaired) electrons. The number of para-hydroxylation sites is 1. The average Bonchev–Trinajstić information content (AvgIpc) is 3.24. The van der Waals surface area contributed by atoms with Gasteiger partial charge < -0.3 is 0 Å². The number of nitrogens with zero attached hydrogens (tertiary/aromatic N) is 2. The monoisotopic (exact) mass is 394 g/mol. The Morgan fingerprint density at radius 3 is 2.00 bits per heavy atom. The number of hydrogen-bond acceptors (Lipinski definition) is 1. The molecule has 5 aromatic rings. The summed E-state index contributed by atoms with van der Waals surface area (Å²) in [6.45, 7) is 0.380. The van der Waals surface area contributed by atoms with Crippen molar-refractivity contribution in [3.63, 3.8) is 0 Å². The summed E-state index contributed by atoms with van der Waals surface area (Å²) in [6, 6.07) is 26.9. The predicted octanol–water partition coefficient (Wildman–Crippen LogP) is 3.25. The minimum atomic E-state index is 0.380. The van der Waals surface area contributed by atoms with Crippen molar-refractivity contribution in [2.45, 2.75) is 19.3 Å². The first-order valence-corrected chi connectivity index (χ1v) is 11.2. The summed E-state index contributed by atoms with van der Waals surface area (Å²) >= 11 is 0. The summed E-state index contributed by atoms with van der Waals surface area (Å²) in [7, 11) is 0. The third-order valence-electron chi connectivity index (χ3n) is 7.68. The molecule has 3 aliphatic rings. The predicted molar refractivity (Wildman–Crippen MR) is 127 cm³/mol. The zero-order chi connectivity index (χ0) is 20.1. The molecule has 0 atom stereocenters. The zero-order valence-corrected chi connectivity index (χ0v) is 17.1. The van der Waals surface area contributed by atoms with E-state index < -0.39 is 0 Å². The maximum Gasteiger partial charge on any atom is 0.243 e. The van der Waals surface area contributed by atoms with E-state index in [4.69, 9.17) is 4.98 Å². The van der Waals surface area contributed by atoms with Gasteiger partial charge in [0.2, 0.25) is 6.71 Å². The Balaban J connectivity index is 1.49. The topological polar surface area (TPSA) is 17.8 Å². The molecule has 144 valence electrons. The van der Waals surface area contributed by atoms with Crippen LogP contribution in [-0.4, -0.2) is 16.3 Å². The summed E-state index contributed by atoms with van der Waals surface area (Å²) in [5.41, 5.74) is 17.2. The van der Waals surface area contributed by atoms with Gasteiger partial charge >= 0.3 is 0 Å². The molecular weight excluding hydrogens is 375 g/mol. The van der Waals surface area contributed by atoms with Crippen LogP contribution in [-0.2, 0) is 19.3 Å². The molecule has 3 heteroatoms. The highest BCUT2D eigenvalue weighted by Crippen LogP contribution is 2.32. The molecule has 0 unspecified atom stereocenters. The van der Waals surface area contributed by atoms with Crippen LogP contribution in [0.25, 0.3) is 16.7 Å². The summed E-state index contributed by atoms with van der Waals surface area (Å²) in [6.07, 6.45) is 5.09. The largest absolute Gasteiger partial charge is 0.299 e. The highest BCUT2D eigenvalue weighted by Gasteiger charge is 2.42. The quantitative estimate of drug-likeness (QED) is 0.391. The van der Waals surface area contributed by atoms with Crippen LogP contribution in [0.5, 0.6) is 0 Å². The molecule has 0 fully saturated rings. The van der Waals surface area contributed by atoms with Crippen LogP contribution >= 0.6 is 0 Å². The van der Waals surface area contributed by atoms with Gasteiger partial charge in [-0.1, -0.05) is 71.0 Å². The molecule has 0 amide bonds. The number of aromatic nitrogens is 2. The number of benzene rings is 4. The summed E-state index contributed by atoms with van der Waals surface area (Å²) in [5.74, 6) is 0. The Bertz CT molecular complexity index is 1540. The molecule has 31 heavy (non-hydrogen) atoms. The normalized spacial score (nSPS) is 14.6. The van der Waals surface area contributed by atoms with Gasteiger partial charge in [0.05, 0.1) is 11.0 Å². The van der Waals surface area contributed by atoms with Gasteiger partial charge in [-0.25, -0.2) is 4.98 Å². The molecule has 3 aliphatic heterocycles. The highest BCUT2D eigenvalue weighted by atomic mass is 15.0. The Labute approximate surface area is 181 Å². The fourth-order valence-corrected chi connectivity index (χ4v) is 6.50. The molecule has 0 aliphatic carbocycles. The van der Waals surface area contributed by atoms with E-state index in [1.807, 2.05) is 6.33 Å². The fourth-order valence-electron chi connectivity index (χ4n) is 6.50. The Morgan fingerprint density at radius 1 is 0.645 bits per heavy atom. The van der Waals surface area contributed by atoms with Gasteiger partial charge in [-0.15, -0.1) is 0 Å². The van der Waals surface area contributed by atoms with E-state index in [1.54, 1.807) is 16.4 Å². The second kappa shape index (κ2) is 5.56. The average molecular weight is 394 g/mol. The first-order chi connectivity index (χ1) is 15.4. The van der Waals surface area contributed by atoms with Crippen molar-refractivity contribution < 1.29 is 0 Å². The number of rotatable bonds is 1. The van der Waals surface area contributed by atoms with Crippen LogP contribution in [0.4, 0.5) is 0 Å². The second-order valence-electron chi connectivity index (χ2n) is 9.19. The lowest BCUT2D eigenvalue weighted by molar-refractivity contribution is 1.09. The lowest BCUT2D eigenvalue weighted by Gasteiger charge is -2.39. The van der Waals surface area contributed by atoms with Gasteiger partial charge in [0, 0.05) is 5.69 Å². The highest BCUT2D eigenvalue weighted by molar-refractivity contribution is 6.98. The van der Waals surface area contributed by atoms with Crippen LogP contribution in [0.2, 0.25) is 0 Å². The number of fused-ring (bicyclic) bond motifs is 2. The first kappa shape index (κ1) is 16.2. The van der Waals surface area contributed by atoms with Gasteiger partial charge in [-0.3, -0.25) is 4.57 Å². The second-order valence-corrected chi connectivity index (χ2v) is 9.19. The molecule has 0 spiro atoms. The molecule has 0 saturated heterocycles. The molecule has 4 heterocycles.